The van der Waals surface area contributed by atoms with Crippen molar-refractivity contribution in [3.05, 3.63) is 77.5 Å². The molecular formula is C38H40F4N10O8S. The molecule has 2 aromatic heterocycles. The van der Waals surface area contributed by atoms with Gasteiger partial charge in [-0.05, 0) is 63.4 Å². The summed E-state index contributed by atoms with van der Waals surface area (Å²) in [6.07, 6.45) is -0.635. The fourth-order valence-corrected chi connectivity index (χ4v) is 7.65. The zero-order chi connectivity index (χ0) is 44.3. The summed E-state index contributed by atoms with van der Waals surface area (Å²) in [6.45, 7) is 2.94. The van der Waals surface area contributed by atoms with Crippen LogP contribution in [0, 0.1) is 5.82 Å². The topological polar surface area (TPSA) is 247 Å². The second-order valence-electron chi connectivity index (χ2n) is 14.8. The maximum atomic E-state index is 15.1. The SMILES string of the molecule is CC(C)(O)Cn1cc(-c2nc(Nc3ccc(S(=O)(=O)NCCCCCNC(=O)CNc4cccc5c4C(=O)N(C4CCC(=O)NC4=O)C5=O)cc3F)ncc2C(F)(F)F)cn1. The summed E-state index contributed by atoms with van der Waals surface area (Å²) >= 11 is 0. The Hall–Kier alpha value is -6.33. The van der Waals surface area contributed by atoms with Crippen LogP contribution in [-0.2, 0) is 37.1 Å². The molecule has 2 aliphatic rings. The Kier molecular flexibility index (Phi) is 12.8. The van der Waals surface area contributed by atoms with Crippen LogP contribution < -0.4 is 26.0 Å². The lowest BCUT2D eigenvalue weighted by molar-refractivity contribution is -0.138. The number of hydrogen-bond donors (Lipinski definition) is 6. The van der Waals surface area contributed by atoms with Crippen molar-refractivity contribution < 1.29 is 55.1 Å². The lowest BCUT2D eigenvalue weighted by Crippen LogP contribution is -2.54. The van der Waals surface area contributed by atoms with E-state index < -0.39 is 85.3 Å². The molecule has 0 bridgehead atoms. The minimum atomic E-state index is -4.85. The quantitative estimate of drug-likeness (QED) is 0.0508. The summed E-state index contributed by atoms with van der Waals surface area (Å²) in [5, 5.41) is 24.2. The molecule has 0 saturated carbocycles. The Labute approximate surface area is 345 Å². The molecule has 1 atom stereocenters. The molecule has 1 unspecified atom stereocenters. The van der Waals surface area contributed by atoms with E-state index in [1.54, 1.807) is 0 Å². The average Bonchev–Trinajstić information content (AvgIpc) is 3.74. The zero-order valence-corrected chi connectivity index (χ0v) is 33.4. The first-order valence-electron chi connectivity index (χ1n) is 18.8. The highest BCUT2D eigenvalue weighted by Crippen LogP contribution is 2.37. The summed E-state index contributed by atoms with van der Waals surface area (Å²) in [6, 6.07) is 6.22. The molecule has 0 aliphatic carbocycles. The van der Waals surface area contributed by atoms with Gasteiger partial charge in [-0.25, -0.2) is 27.5 Å². The van der Waals surface area contributed by atoms with Crippen LogP contribution in [0.15, 0.2) is 59.9 Å². The molecule has 1 saturated heterocycles. The van der Waals surface area contributed by atoms with Crippen molar-refractivity contribution in [1.29, 1.82) is 0 Å². The molecule has 2 aliphatic heterocycles. The van der Waals surface area contributed by atoms with Gasteiger partial charge in [0.25, 0.3) is 11.8 Å². The Balaban J connectivity index is 0.950. The van der Waals surface area contributed by atoms with Crippen molar-refractivity contribution in [1.82, 2.24) is 40.0 Å². The number of nitrogens with one attached hydrogen (secondary N) is 5. The highest BCUT2D eigenvalue weighted by molar-refractivity contribution is 7.89. The van der Waals surface area contributed by atoms with Gasteiger partial charge in [-0.2, -0.15) is 18.3 Å². The second-order valence-corrected chi connectivity index (χ2v) is 16.6. The maximum Gasteiger partial charge on any atom is 0.419 e. The third-order valence-electron chi connectivity index (χ3n) is 9.42. The Morgan fingerprint density at radius 1 is 1.00 bits per heavy atom. The number of hydrogen-bond acceptors (Lipinski definition) is 13. The van der Waals surface area contributed by atoms with E-state index in [4.69, 9.17) is 0 Å². The Bertz CT molecular complexity index is 2490. The number of unbranched alkanes of at least 4 members (excludes halogenated alkanes) is 2. The molecule has 2 aromatic carbocycles. The van der Waals surface area contributed by atoms with Crippen LogP contribution in [0.3, 0.4) is 0 Å². The van der Waals surface area contributed by atoms with Crippen molar-refractivity contribution in [2.75, 3.05) is 30.3 Å². The van der Waals surface area contributed by atoms with Crippen LogP contribution in [0.25, 0.3) is 11.3 Å². The number of nitrogens with zero attached hydrogens (tertiary/aromatic N) is 5. The number of aromatic nitrogens is 4. The van der Waals surface area contributed by atoms with Crippen LogP contribution in [0.1, 0.15) is 72.2 Å². The van der Waals surface area contributed by atoms with Gasteiger partial charge < -0.3 is 21.1 Å². The van der Waals surface area contributed by atoms with Crippen LogP contribution in [-0.4, -0.2) is 99.0 Å². The number of benzene rings is 2. The molecule has 23 heteroatoms. The van der Waals surface area contributed by atoms with E-state index in [0.29, 0.717) is 25.5 Å². The number of alkyl halides is 3. The van der Waals surface area contributed by atoms with E-state index in [1.165, 1.54) is 42.9 Å². The van der Waals surface area contributed by atoms with E-state index in [1.807, 2.05) is 0 Å². The molecule has 324 valence electrons. The lowest BCUT2D eigenvalue weighted by Gasteiger charge is -2.27. The standard InChI is InChI=1S/C38H40F4N10O8S/c1-37(2,58)20-51-19-21(16-46-51)32-24(38(40,41)42)17-45-36(50-32)48-26-10-9-22(15-25(26)39)61(59,60)47-14-5-3-4-13-43-30(54)18-44-27-8-6-7-23-31(27)35(57)52(34(23)56)28-11-12-29(53)49-33(28)55/h6-10,15-17,19,28,44,47,58H,3-5,11-14,18,20H2,1-2H3,(H,43,54)(H,45,48,50)(H,49,53,55). The molecule has 61 heavy (non-hydrogen) atoms. The van der Waals surface area contributed by atoms with Gasteiger partial charge in [0.15, 0.2) is 0 Å². The van der Waals surface area contributed by atoms with E-state index in [9.17, 15) is 50.7 Å². The van der Waals surface area contributed by atoms with Crippen molar-refractivity contribution in [2.24, 2.45) is 0 Å². The number of carbonyl (C=O) groups is 5. The number of aliphatic hydroxyl groups is 1. The molecule has 18 nitrogen and oxygen atoms in total. The number of anilines is 3. The number of piperidine rings is 1. The number of halogens is 4. The first-order chi connectivity index (χ1) is 28.7. The summed E-state index contributed by atoms with van der Waals surface area (Å²) < 4.78 is 86.0. The molecule has 6 N–H and O–H groups in total. The van der Waals surface area contributed by atoms with Crippen LogP contribution in [0.2, 0.25) is 0 Å². The fourth-order valence-electron chi connectivity index (χ4n) is 6.57. The highest BCUT2D eigenvalue weighted by atomic mass is 32.2. The average molecular weight is 873 g/mol. The van der Waals surface area contributed by atoms with E-state index in [-0.39, 0.29) is 67.1 Å². The van der Waals surface area contributed by atoms with E-state index in [2.05, 4.69) is 41.1 Å². The highest BCUT2D eigenvalue weighted by Gasteiger charge is 2.45. The van der Waals surface area contributed by atoms with E-state index in [0.717, 1.165) is 29.3 Å². The number of imide groups is 2. The third kappa shape index (κ3) is 10.5. The molecule has 6 rings (SSSR count). The van der Waals surface area contributed by atoms with Gasteiger partial charge in [-0.3, -0.25) is 38.9 Å². The van der Waals surface area contributed by atoms with Crippen LogP contribution in [0.5, 0.6) is 0 Å². The predicted molar refractivity (Wildman–Crippen MR) is 208 cm³/mol. The van der Waals surface area contributed by atoms with Gasteiger partial charge in [0.05, 0.1) is 52.3 Å². The molecular weight excluding hydrogens is 833 g/mol. The first kappa shape index (κ1) is 44.2. The number of rotatable bonds is 17. The summed E-state index contributed by atoms with van der Waals surface area (Å²) in [5.41, 5.74) is -3.01. The minimum Gasteiger partial charge on any atom is -0.389 e. The van der Waals surface area contributed by atoms with Crippen molar-refractivity contribution in [3.8, 4) is 11.3 Å². The smallest absolute Gasteiger partial charge is 0.389 e. The van der Waals surface area contributed by atoms with Gasteiger partial charge in [0, 0.05) is 43.2 Å². The van der Waals surface area contributed by atoms with Crippen molar-refractivity contribution >= 4 is 56.9 Å². The fraction of sp³-hybridized carbons (Fsp3) is 0.368. The summed E-state index contributed by atoms with van der Waals surface area (Å²) in [5.74, 6) is -4.54. The van der Waals surface area contributed by atoms with Crippen LogP contribution in [0.4, 0.5) is 34.9 Å². The van der Waals surface area contributed by atoms with Gasteiger partial charge in [0.2, 0.25) is 33.7 Å². The first-order valence-corrected chi connectivity index (χ1v) is 20.3. The number of fused-ring (bicyclic) bond motifs is 1. The van der Waals surface area contributed by atoms with E-state index >= 15 is 4.39 Å². The molecule has 1 fully saturated rings. The predicted octanol–water partition coefficient (Wildman–Crippen LogP) is 3.09. The van der Waals surface area contributed by atoms with Crippen molar-refractivity contribution in [3.63, 3.8) is 0 Å². The van der Waals surface area contributed by atoms with Gasteiger partial charge in [0.1, 0.15) is 17.4 Å². The summed E-state index contributed by atoms with van der Waals surface area (Å²) in [4.78, 5) is 70.7. The number of sulfonamides is 1. The monoisotopic (exact) mass is 872 g/mol. The zero-order valence-electron chi connectivity index (χ0n) is 32.6. The Morgan fingerprint density at radius 3 is 2.46 bits per heavy atom. The molecule has 0 spiro atoms. The third-order valence-corrected chi connectivity index (χ3v) is 10.9. The molecule has 4 heterocycles. The molecule has 4 aromatic rings. The molecule has 5 amide bonds. The van der Waals surface area contributed by atoms with Gasteiger partial charge in [-0.1, -0.05) is 12.5 Å². The number of carbonyl (C=O) groups excluding carboxylic acids is 5. The van der Waals surface area contributed by atoms with Crippen LogP contribution >= 0.6 is 0 Å². The minimum absolute atomic E-state index is 0.000439. The van der Waals surface area contributed by atoms with Crippen molar-refractivity contribution in [2.45, 2.75) is 75.2 Å². The van der Waals surface area contributed by atoms with Gasteiger partial charge in [-0.15, -0.1) is 0 Å². The normalized spacial score (nSPS) is 15.8. The number of amides is 5. The summed E-state index contributed by atoms with van der Waals surface area (Å²) in [7, 11) is -4.18. The second kappa shape index (κ2) is 17.7. The molecule has 0 radical (unpaired) electrons. The van der Waals surface area contributed by atoms with Gasteiger partial charge >= 0.3 is 6.18 Å². The maximum absolute atomic E-state index is 15.1. The Morgan fingerprint density at radius 2 is 1.75 bits per heavy atom. The largest absolute Gasteiger partial charge is 0.419 e. The lowest BCUT2D eigenvalue weighted by atomic mass is 10.0.